The number of hydrogen-bond donors (Lipinski definition) is 1. The van der Waals surface area contributed by atoms with Gasteiger partial charge in [0.1, 0.15) is 23.2 Å². The zero-order valence-corrected chi connectivity index (χ0v) is 12.1. The van der Waals surface area contributed by atoms with Crippen LogP contribution in [0, 0.1) is 18.6 Å². The van der Waals surface area contributed by atoms with Gasteiger partial charge in [0.05, 0.1) is 5.69 Å². The second-order valence-corrected chi connectivity index (χ2v) is 4.56. The molecule has 0 spiro atoms. The lowest BCUT2D eigenvalue weighted by Gasteiger charge is -2.06. The summed E-state index contributed by atoms with van der Waals surface area (Å²) in [4.78, 5) is 23.0. The van der Waals surface area contributed by atoms with E-state index in [9.17, 15) is 18.4 Å². The lowest BCUT2D eigenvalue weighted by atomic mass is 10.3. The summed E-state index contributed by atoms with van der Waals surface area (Å²) in [5, 5.41) is 2.11. The minimum absolute atomic E-state index is 0.326. The van der Waals surface area contributed by atoms with Gasteiger partial charge in [-0.1, -0.05) is 0 Å². The number of ether oxygens (including phenoxy) is 1. The van der Waals surface area contributed by atoms with Crippen molar-refractivity contribution in [2.24, 2.45) is 0 Å². The van der Waals surface area contributed by atoms with Crippen LogP contribution in [0.2, 0.25) is 0 Å². The standard InChI is InChI=1S/C16H13F2NO4/c1-10-2-4-12(23-10)5-7-16(21)22-9-15(20)19-14-8-11(17)3-6-13(14)18/h2-8H,9H2,1H3,(H,19,20). The second kappa shape index (κ2) is 7.35. The fraction of sp³-hybridized carbons (Fsp3) is 0.125. The number of furan rings is 1. The number of carbonyl (C=O) groups excluding carboxylic acids is 2. The van der Waals surface area contributed by atoms with E-state index in [1.54, 1.807) is 19.1 Å². The Morgan fingerprint density at radius 1 is 1.26 bits per heavy atom. The molecule has 1 N–H and O–H groups in total. The number of anilines is 1. The molecule has 0 atom stereocenters. The van der Waals surface area contributed by atoms with Gasteiger partial charge in [-0.15, -0.1) is 0 Å². The van der Waals surface area contributed by atoms with E-state index in [-0.39, 0.29) is 5.69 Å². The van der Waals surface area contributed by atoms with E-state index in [1.165, 1.54) is 6.08 Å². The van der Waals surface area contributed by atoms with Gasteiger partial charge in [-0.2, -0.15) is 0 Å². The summed E-state index contributed by atoms with van der Waals surface area (Å²) >= 11 is 0. The Bertz CT molecular complexity index is 752. The molecule has 2 aromatic rings. The van der Waals surface area contributed by atoms with Crippen LogP contribution in [0.25, 0.3) is 6.08 Å². The highest BCUT2D eigenvalue weighted by molar-refractivity contribution is 5.94. The van der Waals surface area contributed by atoms with E-state index in [4.69, 9.17) is 4.42 Å². The molecule has 120 valence electrons. The molecule has 0 aliphatic carbocycles. The lowest BCUT2D eigenvalue weighted by Crippen LogP contribution is -2.20. The van der Waals surface area contributed by atoms with E-state index in [0.717, 1.165) is 24.3 Å². The maximum absolute atomic E-state index is 13.3. The van der Waals surface area contributed by atoms with Crippen LogP contribution in [0.3, 0.4) is 0 Å². The number of amides is 1. The van der Waals surface area contributed by atoms with Crippen molar-refractivity contribution in [3.05, 3.63) is 59.6 Å². The van der Waals surface area contributed by atoms with Crippen molar-refractivity contribution in [1.29, 1.82) is 0 Å². The number of rotatable bonds is 5. The lowest BCUT2D eigenvalue weighted by molar-refractivity contribution is -0.142. The van der Waals surface area contributed by atoms with Crippen molar-refractivity contribution in [2.45, 2.75) is 6.92 Å². The van der Waals surface area contributed by atoms with E-state index in [0.29, 0.717) is 11.5 Å². The topological polar surface area (TPSA) is 68.5 Å². The maximum atomic E-state index is 13.3. The van der Waals surface area contributed by atoms with Crippen LogP contribution in [0.4, 0.5) is 14.5 Å². The van der Waals surface area contributed by atoms with Crippen molar-refractivity contribution in [3.8, 4) is 0 Å². The van der Waals surface area contributed by atoms with Gasteiger partial charge in [0.2, 0.25) is 0 Å². The van der Waals surface area contributed by atoms with Crippen molar-refractivity contribution < 1.29 is 27.5 Å². The Morgan fingerprint density at radius 3 is 2.74 bits per heavy atom. The molecule has 1 aromatic carbocycles. The van der Waals surface area contributed by atoms with Crippen LogP contribution in [0.1, 0.15) is 11.5 Å². The fourth-order valence-corrected chi connectivity index (χ4v) is 1.66. The predicted molar refractivity (Wildman–Crippen MR) is 78.4 cm³/mol. The Labute approximate surface area is 130 Å². The highest BCUT2D eigenvalue weighted by Gasteiger charge is 2.10. The molecule has 1 aromatic heterocycles. The SMILES string of the molecule is Cc1ccc(C=CC(=O)OCC(=O)Nc2cc(F)ccc2F)o1. The van der Waals surface area contributed by atoms with Crippen molar-refractivity contribution in [3.63, 3.8) is 0 Å². The molecule has 0 radical (unpaired) electrons. The van der Waals surface area contributed by atoms with Gasteiger partial charge in [0.15, 0.2) is 6.61 Å². The van der Waals surface area contributed by atoms with Crippen LogP contribution >= 0.6 is 0 Å². The first kappa shape index (κ1) is 16.4. The first-order chi connectivity index (χ1) is 10.9. The van der Waals surface area contributed by atoms with Crippen LogP contribution < -0.4 is 5.32 Å². The molecule has 0 unspecified atom stereocenters. The van der Waals surface area contributed by atoms with E-state index < -0.39 is 30.1 Å². The van der Waals surface area contributed by atoms with Crippen LogP contribution in [0.15, 0.2) is 40.8 Å². The summed E-state index contributed by atoms with van der Waals surface area (Å²) in [5.41, 5.74) is -0.326. The molecule has 0 aliphatic heterocycles. The van der Waals surface area contributed by atoms with Gasteiger partial charge in [-0.05, 0) is 37.3 Å². The maximum Gasteiger partial charge on any atom is 0.331 e. The van der Waals surface area contributed by atoms with E-state index in [2.05, 4.69) is 10.1 Å². The molecule has 0 aliphatic rings. The quantitative estimate of drug-likeness (QED) is 0.679. The molecule has 0 saturated carbocycles. The summed E-state index contributed by atoms with van der Waals surface area (Å²) in [5.74, 6) is -1.89. The summed E-state index contributed by atoms with van der Waals surface area (Å²) in [7, 11) is 0. The minimum atomic E-state index is -0.792. The predicted octanol–water partition coefficient (Wildman–Crippen LogP) is 3.06. The van der Waals surface area contributed by atoms with Gasteiger partial charge in [-0.25, -0.2) is 13.6 Å². The zero-order chi connectivity index (χ0) is 16.8. The average molecular weight is 321 g/mol. The summed E-state index contributed by atoms with van der Waals surface area (Å²) in [6, 6.07) is 6.02. The number of benzene rings is 1. The third-order valence-corrected chi connectivity index (χ3v) is 2.69. The fourth-order valence-electron chi connectivity index (χ4n) is 1.66. The third-order valence-electron chi connectivity index (χ3n) is 2.69. The molecular weight excluding hydrogens is 308 g/mol. The normalized spacial score (nSPS) is 10.7. The molecule has 7 heteroatoms. The molecule has 0 fully saturated rings. The molecule has 1 amide bonds. The number of esters is 1. The molecule has 5 nitrogen and oxygen atoms in total. The zero-order valence-electron chi connectivity index (χ0n) is 12.1. The van der Waals surface area contributed by atoms with Gasteiger partial charge in [-0.3, -0.25) is 4.79 Å². The Kier molecular flexibility index (Phi) is 5.24. The largest absolute Gasteiger partial charge is 0.462 e. The van der Waals surface area contributed by atoms with Gasteiger partial charge in [0, 0.05) is 12.1 Å². The number of nitrogens with one attached hydrogen (secondary N) is 1. The second-order valence-electron chi connectivity index (χ2n) is 4.56. The Morgan fingerprint density at radius 2 is 2.04 bits per heavy atom. The number of hydrogen-bond acceptors (Lipinski definition) is 4. The Balaban J connectivity index is 1.83. The van der Waals surface area contributed by atoms with Crippen molar-refractivity contribution in [1.82, 2.24) is 0 Å². The third kappa shape index (κ3) is 5.06. The van der Waals surface area contributed by atoms with Crippen LogP contribution in [-0.2, 0) is 14.3 Å². The smallest absolute Gasteiger partial charge is 0.331 e. The molecule has 23 heavy (non-hydrogen) atoms. The van der Waals surface area contributed by atoms with Gasteiger partial charge >= 0.3 is 5.97 Å². The van der Waals surface area contributed by atoms with Crippen molar-refractivity contribution >= 4 is 23.6 Å². The summed E-state index contributed by atoms with van der Waals surface area (Å²) < 4.78 is 36.2. The molecule has 2 rings (SSSR count). The number of halogens is 2. The molecule has 0 bridgehead atoms. The van der Waals surface area contributed by atoms with E-state index >= 15 is 0 Å². The molecular formula is C16H13F2NO4. The summed E-state index contributed by atoms with van der Waals surface area (Å²) in [6.45, 7) is 1.13. The van der Waals surface area contributed by atoms with E-state index in [1.807, 2.05) is 0 Å². The Hall–Kier alpha value is -2.96. The number of carbonyl (C=O) groups is 2. The van der Waals surface area contributed by atoms with Crippen molar-refractivity contribution in [2.75, 3.05) is 11.9 Å². The van der Waals surface area contributed by atoms with Gasteiger partial charge in [0.25, 0.3) is 5.91 Å². The number of aryl methyl sites for hydroxylation is 1. The average Bonchev–Trinajstić information content (AvgIpc) is 2.92. The highest BCUT2D eigenvalue weighted by atomic mass is 19.1. The highest BCUT2D eigenvalue weighted by Crippen LogP contribution is 2.15. The molecule has 0 saturated heterocycles. The van der Waals surface area contributed by atoms with Crippen LogP contribution in [-0.4, -0.2) is 18.5 Å². The summed E-state index contributed by atoms with van der Waals surface area (Å²) in [6.07, 6.45) is 2.48. The first-order valence-electron chi connectivity index (χ1n) is 6.60. The molecule has 1 heterocycles. The van der Waals surface area contributed by atoms with Gasteiger partial charge < -0.3 is 14.5 Å². The minimum Gasteiger partial charge on any atom is -0.462 e. The van der Waals surface area contributed by atoms with Crippen LogP contribution in [0.5, 0.6) is 0 Å². The monoisotopic (exact) mass is 321 g/mol. The first-order valence-corrected chi connectivity index (χ1v) is 6.60.